The second kappa shape index (κ2) is 7.45. The fourth-order valence-electron chi connectivity index (χ4n) is 2.54. The van der Waals surface area contributed by atoms with E-state index in [1.165, 1.54) is 0 Å². The van der Waals surface area contributed by atoms with Gasteiger partial charge in [-0.1, -0.05) is 47.6 Å². The fourth-order valence-corrected chi connectivity index (χ4v) is 3.45. The predicted octanol–water partition coefficient (Wildman–Crippen LogP) is 3.60. The number of hydrogen-bond acceptors (Lipinski definition) is 6. The van der Waals surface area contributed by atoms with Crippen LogP contribution in [0.15, 0.2) is 59.1 Å². The number of benzene rings is 2. The summed E-state index contributed by atoms with van der Waals surface area (Å²) in [7, 11) is 0. The first-order chi connectivity index (χ1) is 12.8. The summed E-state index contributed by atoms with van der Waals surface area (Å²) < 4.78 is 6.34. The van der Waals surface area contributed by atoms with Crippen LogP contribution in [0.2, 0.25) is 0 Å². The smallest absolute Gasteiger partial charge is 0.227 e. The van der Waals surface area contributed by atoms with E-state index in [0.717, 1.165) is 20.8 Å². The third-order valence-corrected chi connectivity index (χ3v) is 4.88. The van der Waals surface area contributed by atoms with Crippen molar-refractivity contribution < 1.29 is 9.32 Å². The quantitative estimate of drug-likeness (QED) is 0.565. The molecular formula is C19H16N4O2S. The molecule has 0 aliphatic rings. The van der Waals surface area contributed by atoms with Gasteiger partial charge in [0.15, 0.2) is 0 Å². The molecule has 4 aromatic rings. The van der Waals surface area contributed by atoms with E-state index in [9.17, 15) is 4.79 Å². The summed E-state index contributed by atoms with van der Waals surface area (Å²) in [5.41, 5.74) is 1.85. The standard InChI is InChI=1S/C19H16N4O2S/c24-16(20-12-18-21-14-8-4-5-9-15(14)26-18)10-11-17-22-19(23-25-17)13-6-2-1-3-7-13/h1-9H,10-12H2,(H,20,24). The van der Waals surface area contributed by atoms with Gasteiger partial charge in [0.1, 0.15) is 5.01 Å². The summed E-state index contributed by atoms with van der Waals surface area (Å²) in [5.74, 6) is 0.929. The molecule has 0 aliphatic carbocycles. The van der Waals surface area contributed by atoms with Gasteiger partial charge in [0.25, 0.3) is 0 Å². The number of carbonyl (C=O) groups is 1. The van der Waals surface area contributed by atoms with Gasteiger partial charge in [-0.25, -0.2) is 4.98 Å². The number of thiazole rings is 1. The van der Waals surface area contributed by atoms with Crippen LogP contribution in [0.3, 0.4) is 0 Å². The monoisotopic (exact) mass is 364 g/mol. The van der Waals surface area contributed by atoms with Gasteiger partial charge in [-0.15, -0.1) is 11.3 Å². The summed E-state index contributed by atoms with van der Waals surface area (Å²) in [6, 6.07) is 17.5. The second-order valence-corrected chi connectivity index (χ2v) is 6.85. The lowest BCUT2D eigenvalue weighted by Gasteiger charge is -2.00. The van der Waals surface area contributed by atoms with Crippen molar-refractivity contribution in [2.75, 3.05) is 0 Å². The van der Waals surface area contributed by atoms with Gasteiger partial charge in [0.2, 0.25) is 17.6 Å². The average molecular weight is 364 g/mol. The van der Waals surface area contributed by atoms with E-state index in [0.29, 0.717) is 31.1 Å². The summed E-state index contributed by atoms with van der Waals surface area (Å²) in [6.07, 6.45) is 0.701. The maximum atomic E-state index is 12.1. The van der Waals surface area contributed by atoms with Crippen molar-refractivity contribution in [2.45, 2.75) is 19.4 Å². The maximum Gasteiger partial charge on any atom is 0.227 e. The van der Waals surface area contributed by atoms with Crippen LogP contribution >= 0.6 is 11.3 Å². The first-order valence-corrected chi connectivity index (χ1v) is 9.09. The normalized spacial score (nSPS) is 10.9. The number of rotatable bonds is 6. The van der Waals surface area contributed by atoms with Crippen LogP contribution in [-0.4, -0.2) is 21.0 Å². The minimum Gasteiger partial charge on any atom is -0.350 e. The molecule has 26 heavy (non-hydrogen) atoms. The summed E-state index contributed by atoms with van der Waals surface area (Å²) in [6.45, 7) is 0.428. The molecule has 1 N–H and O–H groups in total. The topological polar surface area (TPSA) is 80.9 Å². The van der Waals surface area contributed by atoms with E-state index >= 15 is 0 Å². The molecule has 0 fully saturated rings. The van der Waals surface area contributed by atoms with Crippen molar-refractivity contribution in [3.63, 3.8) is 0 Å². The largest absolute Gasteiger partial charge is 0.350 e. The Labute approximate surface area is 153 Å². The highest BCUT2D eigenvalue weighted by Crippen LogP contribution is 2.21. The molecule has 7 heteroatoms. The van der Waals surface area contributed by atoms with Crippen molar-refractivity contribution in [1.82, 2.24) is 20.4 Å². The Morgan fingerprint density at radius 1 is 1.04 bits per heavy atom. The molecule has 0 atom stereocenters. The number of para-hydroxylation sites is 1. The molecule has 0 radical (unpaired) electrons. The number of fused-ring (bicyclic) bond motifs is 1. The van der Waals surface area contributed by atoms with Crippen molar-refractivity contribution in [1.29, 1.82) is 0 Å². The highest BCUT2D eigenvalue weighted by atomic mass is 32.1. The Kier molecular flexibility index (Phi) is 4.70. The van der Waals surface area contributed by atoms with Crippen LogP contribution in [0.25, 0.3) is 21.6 Å². The van der Waals surface area contributed by atoms with Gasteiger partial charge >= 0.3 is 0 Å². The van der Waals surface area contributed by atoms with Crippen molar-refractivity contribution in [2.24, 2.45) is 0 Å². The lowest BCUT2D eigenvalue weighted by atomic mass is 10.2. The maximum absolute atomic E-state index is 12.1. The SMILES string of the molecule is O=C(CCc1nc(-c2ccccc2)no1)NCc1nc2ccccc2s1. The molecule has 6 nitrogen and oxygen atoms in total. The number of amides is 1. The van der Waals surface area contributed by atoms with Crippen LogP contribution in [0.1, 0.15) is 17.3 Å². The lowest BCUT2D eigenvalue weighted by molar-refractivity contribution is -0.121. The van der Waals surface area contributed by atoms with Crippen LogP contribution in [0, 0.1) is 0 Å². The number of aryl methyl sites for hydroxylation is 1. The molecule has 2 heterocycles. The van der Waals surface area contributed by atoms with Crippen LogP contribution < -0.4 is 5.32 Å². The molecular weight excluding hydrogens is 348 g/mol. The summed E-state index contributed by atoms with van der Waals surface area (Å²) in [5, 5.41) is 7.74. The Bertz CT molecular complexity index is 993. The number of nitrogens with one attached hydrogen (secondary N) is 1. The van der Waals surface area contributed by atoms with Gasteiger partial charge in [-0.2, -0.15) is 4.98 Å². The zero-order chi connectivity index (χ0) is 17.8. The van der Waals surface area contributed by atoms with E-state index in [-0.39, 0.29) is 5.91 Å². The second-order valence-electron chi connectivity index (χ2n) is 5.73. The lowest BCUT2D eigenvalue weighted by Crippen LogP contribution is -2.22. The van der Waals surface area contributed by atoms with Gasteiger partial charge in [0, 0.05) is 18.4 Å². The van der Waals surface area contributed by atoms with Gasteiger partial charge < -0.3 is 9.84 Å². The molecule has 1 amide bonds. The predicted molar refractivity (Wildman–Crippen MR) is 99.5 cm³/mol. The van der Waals surface area contributed by atoms with E-state index in [1.807, 2.05) is 54.6 Å². The molecule has 2 aromatic carbocycles. The number of aromatic nitrogens is 3. The molecule has 130 valence electrons. The van der Waals surface area contributed by atoms with Crippen molar-refractivity contribution in [3.05, 3.63) is 65.5 Å². The third kappa shape index (κ3) is 3.78. The van der Waals surface area contributed by atoms with Crippen LogP contribution in [0.5, 0.6) is 0 Å². The Balaban J connectivity index is 1.29. The van der Waals surface area contributed by atoms with Gasteiger partial charge in [-0.3, -0.25) is 4.79 Å². The van der Waals surface area contributed by atoms with Gasteiger partial charge in [-0.05, 0) is 12.1 Å². The van der Waals surface area contributed by atoms with Gasteiger partial charge in [0.05, 0.1) is 16.8 Å². The molecule has 0 saturated heterocycles. The Morgan fingerprint density at radius 3 is 2.69 bits per heavy atom. The zero-order valence-electron chi connectivity index (χ0n) is 13.9. The Morgan fingerprint density at radius 2 is 1.85 bits per heavy atom. The summed E-state index contributed by atoms with van der Waals surface area (Å²) in [4.78, 5) is 20.9. The van der Waals surface area contributed by atoms with Crippen LogP contribution in [0.4, 0.5) is 0 Å². The fraction of sp³-hybridized carbons (Fsp3) is 0.158. The first-order valence-electron chi connectivity index (χ1n) is 8.27. The minimum atomic E-state index is -0.0660. The van der Waals surface area contributed by atoms with E-state index in [2.05, 4.69) is 20.4 Å². The van der Waals surface area contributed by atoms with Crippen molar-refractivity contribution in [3.8, 4) is 11.4 Å². The van der Waals surface area contributed by atoms with Crippen LogP contribution in [-0.2, 0) is 17.8 Å². The zero-order valence-corrected chi connectivity index (χ0v) is 14.7. The third-order valence-electron chi connectivity index (χ3n) is 3.84. The number of carbonyl (C=O) groups excluding carboxylic acids is 1. The van der Waals surface area contributed by atoms with E-state index < -0.39 is 0 Å². The number of hydrogen-bond donors (Lipinski definition) is 1. The highest BCUT2D eigenvalue weighted by molar-refractivity contribution is 7.18. The molecule has 0 spiro atoms. The summed E-state index contributed by atoms with van der Waals surface area (Å²) >= 11 is 1.59. The molecule has 2 aromatic heterocycles. The molecule has 0 unspecified atom stereocenters. The molecule has 0 bridgehead atoms. The average Bonchev–Trinajstić information content (AvgIpc) is 3.32. The molecule has 0 aliphatic heterocycles. The first kappa shape index (κ1) is 16.4. The van der Waals surface area contributed by atoms with Crippen molar-refractivity contribution >= 4 is 27.5 Å². The van der Waals surface area contributed by atoms with E-state index in [4.69, 9.17) is 4.52 Å². The van der Waals surface area contributed by atoms with E-state index in [1.54, 1.807) is 11.3 Å². The highest BCUT2D eigenvalue weighted by Gasteiger charge is 2.11. The molecule has 4 rings (SSSR count). The number of nitrogens with zero attached hydrogens (tertiary/aromatic N) is 3. The Hall–Kier alpha value is -3.06. The minimum absolute atomic E-state index is 0.0660. The molecule has 0 saturated carbocycles.